The van der Waals surface area contributed by atoms with Gasteiger partial charge < -0.3 is 10.7 Å². The fourth-order valence-electron chi connectivity index (χ4n) is 1.47. The van der Waals surface area contributed by atoms with Gasteiger partial charge in [-0.15, -0.1) is 0 Å². The van der Waals surface area contributed by atoms with Crippen molar-refractivity contribution in [1.29, 1.82) is 0 Å². The van der Waals surface area contributed by atoms with E-state index < -0.39 is 0 Å². The first-order chi connectivity index (χ1) is 6.35. The van der Waals surface area contributed by atoms with Gasteiger partial charge in [-0.1, -0.05) is 19.1 Å². The normalized spacial score (nSPS) is 10.9. The van der Waals surface area contributed by atoms with Gasteiger partial charge in [0.25, 0.3) is 0 Å². The minimum atomic E-state index is 0.547. The summed E-state index contributed by atoms with van der Waals surface area (Å²) in [5.74, 6) is 1.02. The van der Waals surface area contributed by atoms with Gasteiger partial charge in [0.15, 0.2) is 0 Å². The molecule has 2 rings (SSSR count). The Bertz CT molecular complexity index is 417. The van der Waals surface area contributed by atoms with Gasteiger partial charge in [0.2, 0.25) is 0 Å². The van der Waals surface area contributed by atoms with Crippen molar-refractivity contribution < 1.29 is 0 Å². The molecule has 0 unspecified atom stereocenters. The van der Waals surface area contributed by atoms with Crippen molar-refractivity contribution in [2.45, 2.75) is 19.9 Å². The predicted octanol–water partition coefficient (Wildman–Crippen LogP) is 1.58. The highest BCUT2D eigenvalue weighted by atomic mass is 14.9. The molecule has 0 amide bonds. The van der Waals surface area contributed by atoms with E-state index in [1.165, 1.54) is 0 Å². The first-order valence-corrected chi connectivity index (χ1v) is 4.51. The van der Waals surface area contributed by atoms with E-state index in [0.29, 0.717) is 6.54 Å². The van der Waals surface area contributed by atoms with Crippen LogP contribution < -0.4 is 5.73 Å². The third-order valence-electron chi connectivity index (χ3n) is 2.20. The van der Waals surface area contributed by atoms with E-state index in [1.54, 1.807) is 0 Å². The minimum absolute atomic E-state index is 0.547. The molecule has 1 aromatic heterocycles. The van der Waals surface area contributed by atoms with Gasteiger partial charge in [0.05, 0.1) is 11.0 Å². The lowest BCUT2D eigenvalue weighted by Crippen LogP contribution is -1.96. The Morgan fingerprint density at radius 3 is 3.00 bits per heavy atom. The Labute approximate surface area is 77.0 Å². The standard InChI is InChI=1S/C10H13N3/c1-2-9-12-8-5-3-4-7(6-11)10(8)13-9/h3-5H,2,6,11H2,1H3,(H,12,13). The predicted molar refractivity (Wildman–Crippen MR) is 53.4 cm³/mol. The van der Waals surface area contributed by atoms with Crippen molar-refractivity contribution in [3.8, 4) is 0 Å². The molecule has 13 heavy (non-hydrogen) atoms. The number of aromatic amines is 1. The van der Waals surface area contributed by atoms with Gasteiger partial charge >= 0.3 is 0 Å². The van der Waals surface area contributed by atoms with Crippen LogP contribution in [0.2, 0.25) is 0 Å². The van der Waals surface area contributed by atoms with Crippen molar-refractivity contribution in [1.82, 2.24) is 9.97 Å². The molecule has 0 atom stereocenters. The highest BCUT2D eigenvalue weighted by Gasteiger charge is 2.03. The molecular weight excluding hydrogens is 162 g/mol. The van der Waals surface area contributed by atoms with Crippen LogP contribution in [0.4, 0.5) is 0 Å². The van der Waals surface area contributed by atoms with Crippen LogP contribution in [-0.4, -0.2) is 9.97 Å². The quantitative estimate of drug-likeness (QED) is 0.728. The van der Waals surface area contributed by atoms with Crippen LogP contribution in [0.3, 0.4) is 0 Å². The van der Waals surface area contributed by atoms with E-state index in [2.05, 4.69) is 16.9 Å². The number of imidazole rings is 1. The van der Waals surface area contributed by atoms with Crippen LogP contribution in [-0.2, 0) is 13.0 Å². The van der Waals surface area contributed by atoms with Gasteiger partial charge in [0.1, 0.15) is 5.82 Å². The molecule has 2 aromatic rings. The number of hydrogen-bond acceptors (Lipinski definition) is 2. The number of nitrogens with one attached hydrogen (secondary N) is 1. The van der Waals surface area contributed by atoms with E-state index in [0.717, 1.165) is 28.8 Å². The number of hydrogen-bond donors (Lipinski definition) is 2. The molecule has 1 heterocycles. The molecule has 0 radical (unpaired) electrons. The zero-order valence-electron chi connectivity index (χ0n) is 7.67. The lowest BCUT2D eigenvalue weighted by molar-refractivity contribution is 0.996. The molecule has 68 valence electrons. The summed E-state index contributed by atoms with van der Waals surface area (Å²) >= 11 is 0. The summed E-state index contributed by atoms with van der Waals surface area (Å²) in [5.41, 5.74) is 8.82. The molecular formula is C10H13N3. The molecule has 0 fully saturated rings. The Hall–Kier alpha value is -1.35. The van der Waals surface area contributed by atoms with E-state index in [9.17, 15) is 0 Å². The first kappa shape index (κ1) is 8.26. The Morgan fingerprint density at radius 2 is 2.31 bits per heavy atom. The van der Waals surface area contributed by atoms with Crippen LogP contribution in [0, 0.1) is 0 Å². The summed E-state index contributed by atoms with van der Waals surface area (Å²) in [7, 11) is 0. The first-order valence-electron chi connectivity index (χ1n) is 4.51. The van der Waals surface area contributed by atoms with E-state index in [1.807, 2.05) is 18.2 Å². The van der Waals surface area contributed by atoms with Crippen molar-refractivity contribution in [2.75, 3.05) is 0 Å². The van der Waals surface area contributed by atoms with Crippen LogP contribution >= 0.6 is 0 Å². The lowest BCUT2D eigenvalue weighted by atomic mass is 10.2. The van der Waals surface area contributed by atoms with E-state index in [-0.39, 0.29) is 0 Å². The molecule has 3 heteroatoms. The van der Waals surface area contributed by atoms with Gasteiger partial charge in [-0.2, -0.15) is 0 Å². The highest BCUT2D eigenvalue weighted by molar-refractivity contribution is 5.78. The lowest BCUT2D eigenvalue weighted by Gasteiger charge is -1.95. The Morgan fingerprint density at radius 1 is 1.46 bits per heavy atom. The maximum absolute atomic E-state index is 5.61. The molecule has 0 bridgehead atoms. The third-order valence-corrected chi connectivity index (χ3v) is 2.20. The topological polar surface area (TPSA) is 54.7 Å². The third kappa shape index (κ3) is 1.31. The number of para-hydroxylation sites is 1. The smallest absolute Gasteiger partial charge is 0.106 e. The second-order valence-corrected chi connectivity index (χ2v) is 3.05. The fraction of sp³-hybridized carbons (Fsp3) is 0.300. The fourth-order valence-corrected chi connectivity index (χ4v) is 1.47. The number of nitrogens with zero attached hydrogens (tertiary/aromatic N) is 1. The van der Waals surface area contributed by atoms with Crippen molar-refractivity contribution in [3.63, 3.8) is 0 Å². The maximum atomic E-state index is 5.61. The Balaban J connectivity index is 2.67. The van der Waals surface area contributed by atoms with E-state index in [4.69, 9.17) is 5.73 Å². The molecule has 0 aliphatic heterocycles. The number of aromatic nitrogens is 2. The van der Waals surface area contributed by atoms with Gasteiger partial charge in [-0.3, -0.25) is 0 Å². The summed E-state index contributed by atoms with van der Waals surface area (Å²) in [4.78, 5) is 7.72. The van der Waals surface area contributed by atoms with Crippen molar-refractivity contribution >= 4 is 11.0 Å². The van der Waals surface area contributed by atoms with Crippen molar-refractivity contribution in [2.24, 2.45) is 5.73 Å². The average Bonchev–Trinajstić information content (AvgIpc) is 2.59. The number of aryl methyl sites for hydroxylation is 1. The van der Waals surface area contributed by atoms with Crippen LogP contribution in [0.1, 0.15) is 18.3 Å². The van der Waals surface area contributed by atoms with Gasteiger partial charge in [0, 0.05) is 13.0 Å². The summed E-state index contributed by atoms with van der Waals surface area (Å²) < 4.78 is 0. The number of rotatable bonds is 2. The summed E-state index contributed by atoms with van der Waals surface area (Å²) in [6.45, 7) is 2.63. The zero-order chi connectivity index (χ0) is 9.26. The number of fused-ring (bicyclic) bond motifs is 1. The second-order valence-electron chi connectivity index (χ2n) is 3.05. The molecule has 0 aliphatic rings. The molecule has 1 aromatic carbocycles. The number of nitrogens with two attached hydrogens (primary N) is 1. The highest BCUT2D eigenvalue weighted by Crippen LogP contribution is 2.15. The summed E-state index contributed by atoms with van der Waals surface area (Å²) in [6.07, 6.45) is 0.929. The zero-order valence-corrected chi connectivity index (χ0v) is 7.67. The molecule has 3 N–H and O–H groups in total. The molecule has 0 aliphatic carbocycles. The summed E-state index contributed by atoms with van der Waals surface area (Å²) in [5, 5.41) is 0. The van der Waals surface area contributed by atoms with Crippen LogP contribution in [0.5, 0.6) is 0 Å². The maximum Gasteiger partial charge on any atom is 0.106 e. The minimum Gasteiger partial charge on any atom is -0.342 e. The number of benzene rings is 1. The molecule has 3 nitrogen and oxygen atoms in total. The van der Waals surface area contributed by atoms with Crippen LogP contribution in [0.15, 0.2) is 18.2 Å². The largest absolute Gasteiger partial charge is 0.342 e. The average molecular weight is 175 g/mol. The van der Waals surface area contributed by atoms with E-state index >= 15 is 0 Å². The van der Waals surface area contributed by atoms with Crippen LogP contribution in [0.25, 0.3) is 11.0 Å². The Kier molecular flexibility index (Phi) is 2.02. The SMILES string of the molecule is CCc1nc2c(CN)cccc2[nH]1. The molecule has 0 spiro atoms. The molecule has 0 saturated carbocycles. The number of H-pyrrole nitrogens is 1. The van der Waals surface area contributed by atoms with Gasteiger partial charge in [-0.25, -0.2) is 4.98 Å². The van der Waals surface area contributed by atoms with Crippen molar-refractivity contribution in [3.05, 3.63) is 29.6 Å². The monoisotopic (exact) mass is 175 g/mol. The molecule has 0 saturated heterocycles. The second kappa shape index (κ2) is 3.18. The van der Waals surface area contributed by atoms with Gasteiger partial charge in [-0.05, 0) is 11.6 Å². The summed E-state index contributed by atoms with van der Waals surface area (Å²) in [6, 6.07) is 6.05.